The first-order chi connectivity index (χ1) is 13.0. The van der Waals surface area contributed by atoms with Gasteiger partial charge in [0.05, 0.1) is 31.0 Å². The first-order valence-corrected chi connectivity index (χ1v) is 8.93. The van der Waals surface area contributed by atoms with Gasteiger partial charge < -0.3 is 14.8 Å². The summed E-state index contributed by atoms with van der Waals surface area (Å²) in [6.07, 6.45) is 1.76. The molecule has 1 amide bonds. The maximum absolute atomic E-state index is 12.0. The number of carbonyl (C=O) groups excluding carboxylic acids is 1. The fourth-order valence-corrected chi connectivity index (χ4v) is 2.87. The first kappa shape index (κ1) is 20.3. The van der Waals surface area contributed by atoms with Crippen molar-refractivity contribution >= 4 is 5.91 Å². The molecule has 0 fully saturated rings. The van der Waals surface area contributed by atoms with Crippen LogP contribution in [0, 0.1) is 25.2 Å². The molecule has 0 saturated heterocycles. The standard InChI is InChI=1S/C20H26N4O3/c1-14-17(15(2)24(3)23-14)9-10-22-20(25)6-5-11-27-18-8-7-16(13-21)12-19(18)26-4/h7-8,12H,5-6,9-11H2,1-4H3,(H,22,25). The van der Waals surface area contributed by atoms with Gasteiger partial charge in [0.2, 0.25) is 5.91 Å². The molecule has 0 atom stereocenters. The van der Waals surface area contributed by atoms with E-state index in [0.717, 1.165) is 17.8 Å². The first-order valence-electron chi connectivity index (χ1n) is 8.93. The average molecular weight is 370 g/mol. The van der Waals surface area contributed by atoms with Crippen LogP contribution in [0.15, 0.2) is 18.2 Å². The average Bonchev–Trinajstić information content (AvgIpc) is 2.91. The number of hydrogen-bond donors (Lipinski definition) is 1. The van der Waals surface area contributed by atoms with Gasteiger partial charge in [-0.25, -0.2) is 0 Å². The zero-order valence-electron chi connectivity index (χ0n) is 16.3. The van der Waals surface area contributed by atoms with Crippen molar-refractivity contribution in [3.8, 4) is 17.6 Å². The van der Waals surface area contributed by atoms with Crippen molar-refractivity contribution < 1.29 is 14.3 Å². The van der Waals surface area contributed by atoms with Crippen LogP contribution in [0.25, 0.3) is 0 Å². The summed E-state index contributed by atoms with van der Waals surface area (Å²) in [7, 11) is 3.45. The van der Waals surface area contributed by atoms with E-state index in [1.807, 2.05) is 25.6 Å². The molecule has 2 aromatic rings. The van der Waals surface area contributed by atoms with Crippen molar-refractivity contribution in [1.29, 1.82) is 5.26 Å². The molecular weight excluding hydrogens is 344 g/mol. The molecule has 144 valence electrons. The third-order valence-corrected chi connectivity index (χ3v) is 4.45. The highest BCUT2D eigenvalue weighted by atomic mass is 16.5. The van der Waals surface area contributed by atoms with E-state index >= 15 is 0 Å². The fraction of sp³-hybridized carbons (Fsp3) is 0.450. The van der Waals surface area contributed by atoms with Crippen molar-refractivity contribution in [1.82, 2.24) is 15.1 Å². The molecule has 0 aliphatic carbocycles. The summed E-state index contributed by atoms with van der Waals surface area (Å²) in [5.41, 5.74) is 3.84. The Morgan fingerprint density at radius 1 is 1.33 bits per heavy atom. The zero-order valence-corrected chi connectivity index (χ0v) is 16.3. The highest BCUT2D eigenvalue weighted by Crippen LogP contribution is 2.27. The maximum Gasteiger partial charge on any atom is 0.220 e. The SMILES string of the molecule is COc1cc(C#N)ccc1OCCCC(=O)NCCc1c(C)nn(C)c1C. The van der Waals surface area contributed by atoms with E-state index in [4.69, 9.17) is 14.7 Å². The Kier molecular flexibility index (Phi) is 7.24. The van der Waals surface area contributed by atoms with Crippen LogP contribution in [-0.2, 0) is 18.3 Å². The van der Waals surface area contributed by atoms with Crippen LogP contribution < -0.4 is 14.8 Å². The number of nitrogens with one attached hydrogen (secondary N) is 1. The molecule has 1 heterocycles. The molecule has 1 aromatic carbocycles. The molecular formula is C20H26N4O3. The summed E-state index contributed by atoms with van der Waals surface area (Å²) < 4.78 is 12.7. The normalized spacial score (nSPS) is 10.3. The molecule has 27 heavy (non-hydrogen) atoms. The predicted molar refractivity (Wildman–Crippen MR) is 102 cm³/mol. The van der Waals surface area contributed by atoms with Crippen molar-refractivity contribution in [3.63, 3.8) is 0 Å². The smallest absolute Gasteiger partial charge is 0.220 e. The number of ether oxygens (including phenoxy) is 2. The van der Waals surface area contributed by atoms with Gasteiger partial charge in [-0.2, -0.15) is 10.4 Å². The molecule has 7 heteroatoms. The van der Waals surface area contributed by atoms with Gasteiger partial charge >= 0.3 is 0 Å². The number of hydrogen-bond acceptors (Lipinski definition) is 5. The molecule has 0 aliphatic heterocycles. The number of carbonyl (C=O) groups is 1. The largest absolute Gasteiger partial charge is 0.493 e. The third-order valence-electron chi connectivity index (χ3n) is 4.45. The van der Waals surface area contributed by atoms with Gasteiger partial charge in [0.15, 0.2) is 11.5 Å². The highest BCUT2D eigenvalue weighted by Gasteiger charge is 2.10. The molecule has 2 rings (SSSR count). The summed E-state index contributed by atoms with van der Waals surface area (Å²) in [6.45, 7) is 5.01. The van der Waals surface area contributed by atoms with Crippen LogP contribution in [0.3, 0.4) is 0 Å². The Morgan fingerprint density at radius 3 is 2.74 bits per heavy atom. The molecule has 1 aromatic heterocycles. The Morgan fingerprint density at radius 2 is 2.11 bits per heavy atom. The lowest BCUT2D eigenvalue weighted by atomic mass is 10.1. The number of amides is 1. The second-order valence-corrected chi connectivity index (χ2v) is 6.30. The Balaban J connectivity index is 1.70. The molecule has 0 saturated carbocycles. The number of benzene rings is 1. The Hall–Kier alpha value is -3.01. The van der Waals surface area contributed by atoms with Crippen molar-refractivity contribution in [2.75, 3.05) is 20.3 Å². The third kappa shape index (κ3) is 5.48. The van der Waals surface area contributed by atoms with Crippen molar-refractivity contribution in [2.24, 2.45) is 7.05 Å². The molecule has 0 radical (unpaired) electrons. The predicted octanol–water partition coefficient (Wildman–Crippen LogP) is 2.44. The second kappa shape index (κ2) is 9.62. The topological polar surface area (TPSA) is 89.2 Å². The van der Waals surface area contributed by atoms with Gasteiger partial charge in [-0.15, -0.1) is 0 Å². The monoisotopic (exact) mass is 370 g/mol. The number of aromatic nitrogens is 2. The van der Waals surface area contributed by atoms with Crippen LogP contribution in [-0.4, -0.2) is 35.9 Å². The summed E-state index contributed by atoms with van der Waals surface area (Å²) in [4.78, 5) is 12.0. The quantitative estimate of drug-likeness (QED) is 0.685. The van der Waals surface area contributed by atoms with E-state index in [-0.39, 0.29) is 5.91 Å². The Bertz CT molecular complexity index is 836. The number of nitrogens with zero attached hydrogens (tertiary/aromatic N) is 3. The molecule has 0 unspecified atom stereocenters. The van der Waals surface area contributed by atoms with Gasteiger partial charge in [-0.3, -0.25) is 9.48 Å². The van der Waals surface area contributed by atoms with E-state index in [1.54, 1.807) is 18.2 Å². The lowest BCUT2D eigenvalue weighted by Crippen LogP contribution is -2.26. The van der Waals surface area contributed by atoms with E-state index in [1.165, 1.54) is 12.7 Å². The van der Waals surface area contributed by atoms with E-state index in [9.17, 15) is 4.79 Å². The summed E-state index contributed by atoms with van der Waals surface area (Å²) >= 11 is 0. The van der Waals surface area contributed by atoms with Gasteiger partial charge in [0.25, 0.3) is 0 Å². The maximum atomic E-state index is 12.0. The van der Waals surface area contributed by atoms with Crippen LogP contribution in [0.2, 0.25) is 0 Å². The van der Waals surface area contributed by atoms with E-state index < -0.39 is 0 Å². The van der Waals surface area contributed by atoms with Gasteiger partial charge in [0.1, 0.15) is 0 Å². The minimum absolute atomic E-state index is 0.00425. The molecule has 0 aliphatic rings. The molecule has 7 nitrogen and oxygen atoms in total. The number of methoxy groups -OCH3 is 1. The summed E-state index contributed by atoms with van der Waals surface area (Å²) in [5.74, 6) is 1.09. The van der Waals surface area contributed by atoms with Crippen molar-refractivity contribution in [2.45, 2.75) is 33.1 Å². The lowest BCUT2D eigenvalue weighted by molar-refractivity contribution is -0.121. The van der Waals surface area contributed by atoms with Crippen LogP contribution in [0.4, 0.5) is 0 Å². The van der Waals surface area contributed by atoms with Gasteiger partial charge in [-0.1, -0.05) is 0 Å². The number of rotatable bonds is 9. The minimum Gasteiger partial charge on any atom is -0.493 e. The van der Waals surface area contributed by atoms with Crippen LogP contribution in [0.1, 0.15) is 35.4 Å². The van der Waals surface area contributed by atoms with Gasteiger partial charge in [-0.05, 0) is 44.4 Å². The van der Waals surface area contributed by atoms with E-state index in [2.05, 4.69) is 16.5 Å². The fourth-order valence-electron chi connectivity index (χ4n) is 2.87. The van der Waals surface area contributed by atoms with E-state index in [0.29, 0.717) is 43.1 Å². The van der Waals surface area contributed by atoms with Crippen LogP contribution >= 0.6 is 0 Å². The number of nitriles is 1. The summed E-state index contributed by atoms with van der Waals surface area (Å²) in [5, 5.41) is 16.2. The van der Waals surface area contributed by atoms with Crippen LogP contribution in [0.5, 0.6) is 11.5 Å². The molecule has 1 N–H and O–H groups in total. The zero-order chi connectivity index (χ0) is 19.8. The van der Waals surface area contributed by atoms with Gasteiger partial charge in [0, 0.05) is 31.8 Å². The minimum atomic E-state index is 0.00425. The number of aryl methyl sites for hydroxylation is 2. The Labute approximate surface area is 159 Å². The second-order valence-electron chi connectivity index (χ2n) is 6.30. The highest BCUT2D eigenvalue weighted by molar-refractivity contribution is 5.75. The van der Waals surface area contributed by atoms with Crippen molar-refractivity contribution in [3.05, 3.63) is 40.7 Å². The lowest BCUT2D eigenvalue weighted by Gasteiger charge is -2.11. The summed E-state index contributed by atoms with van der Waals surface area (Å²) in [6, 6.07) is 7.06. The molecule has 0 bridgehead atoms. The molecule has 0 spiro atoms.